The Morgan fingerprint density at radius 2 is 1.83 bits per heavy atom. The molecule has 0 saturated carbocycles. The number of hydrogen-bond acceptors (Lipinski definition) is 6. The van der Waals surface area contributed by atoms with Crippen molar-refractivity contribution in [3.63, 3.8) is 0 Å². The number of likely N-dealkylation sites (N-methyl/N-ethyl adjacent to an activating group) is 1. The lowest BCUT2D eigenvalue weighted by atomic mass is 10.0. The van der Waals surface area contributed by atoms with Crippen molar-refractivity contribution in [3.05, 3.63) is 64.6 Å². The van der Waals surface area contributed by atoms with Gasteiger partial charge < -0.3 is 29.7 Å². The predicted molar refractivity (Wildman–Crippen MR) is 150 cm³/mol. The average molecular weight is 589 g/mol. The van der Waals surface area contributed by atoms with E-state index >= 15 is 0 Å². The quantitative estimate of drug-likeness (QED) is 0.417. The topological polar surface area (TPSA) is 109 Å². The van der Waals surface area contributed by atoms with Gasteiger partial charge in [-0.15, -0.1) is 0 Å². The molecule has 3 amide bonds. The summed E-state index contributed by atoms with van der Waals surface area (Å²) in [5, 5.41) is 5.82. The van der Waals surface area contributed by atoms with E-state index in [1.165, 1.54) is 49.2 Å². The number of carbonyl (C=O) groups excluding carboxylic acids is 3. The van der Waals surface area contributed by atoms with Crippen LogP contribution in [-0.2, 0) is 11.8 Å². The average Bonchev–Trinajstić information content (AvgIpc) is 3.31. The molecule has 13 heteroatoms. The van der Waals surface area contributed by atoms with Crippen LogP contribution in [0, 0.1) is 11.6 Å². The number of benzene rings is 2. The molecule has 0 radical (unpaired) electrons. The summed E-state index contributed by atoms with van der Waals surface area (Å²) in [7, 11) is 6.39. The third-order valence-electron chi connectivity index (χ3n) is 6.80. The number of piperidine rings is 1. The van der Waals surface area contributed by atoms with Gasteiger partial charge >= 0.3 is 0 Å². The minimum absolute atomic E-state index is 0.00596. The van der Waals surface area contributed by atoms with E-state index in [1.807, 2.05) is 14.1 Å². The van der Waals surface area contributed by atoms with Crippen LogP contribution in [0.1, 0.15) is 33.8 Å². The van der Waals surface area contributed by atoms with Crippen LogP contribution in [0.25, 0.3) is 11.3 Å². The molecule has 218 valence electrons. The highest BCUT2D eigenvalue weighted by Crippen LogP contribution is 2.30. The Kier molecular flexibility index (Phi) is 9.24. The van der Waals surface area contributed by atoms with Crippen molar-refractivity contribution in [3.8, 4) is 17.0 Å². The summed E-state index contributed by atoms with van der Waals surface area (Å²) in [4.78, 5) is 45.6. The largest absolute Gasteiger partial charge is 0.494 e. The first-order chi connectivity index (χ1) is 19.5. The monoisotopic (exact) mass is 588 g/mol. The normalized spacial score (nSPS) is 13.8. The fourth-order valence-corrected chi connectivity index (χ4v) is 4.93. The van der Waals surface area contributed by atoms with Gasteiger partial charge in [-0.1, -0.05) is 11.6 Å². The maximum Gasteiger partial charge on any atom is 0.291 e. The molecule has 2 heterocycles. The number of halogens is 3. The van der Waals surface area contributed by atoms with Gasteiger partial charge in [0.05, 0.1) is 36.1 Å². The molecule has 0 spiro atoms. The maximum atomic E-state index is 14.6. The molecule has 0 bridgehead atoms. The summed E-state index contributed by atoms with van der Waals surface area (Å²) in [6.45, 7) is 1.25. The fraction of sp³-hybridized carbons (Fsp3) is 0.357. The Balaban J connectivity index is 1.40. The third-order valence-corrected chi connectivity index (χ3v) is 7.11. The first-order valence-electron chi connectivity index (χ1n) is 12.9. The minimum Gasteiger partial charge on any atom is -0.494 e. The number of likely N-dealkylation sites (tertiary alicyclic amines) is 1. The number of nitrogens with one attached hydrogen (secondary N) is 2. The van der Waals surface area contributed by atoms with Crippen molar-refractivity contribution in [1.29, 1.82) is 0 Å². The Labute approximate surface area is 241 Å². The molecule has 1 aliphatic heterocycles. The molecule has 1 aromatic heterocycles. The Bertz CT molecular complexity index is 1470. The molecule has 10 nitrogen and oxygen atoms in total. The number of methoxy groups -OCH3 is 1. The molecule has 1 aliphatic rings. The van der Waals surface area contributed by atoms with Crippen molar-refractivity contribution in [2.75, 3.05) is 46.2 Å². The van der Waals surface area contributed by atoms with Crippen LogP contribution >= 0.6 is 11.6 Å². The lowest BCUT2D eigenvalue weighted by Gasteiger charge is -2.32. The number of ether oxygens (including phenoxy) is 1. The van der Waals surface area contributed by atoms with Gasteiger partial charge in [0.25, 0.3) is 11.8 Å². The Morgan fingerprint density at radius 3 is 2.46 bits per heavy atom. The van der Waals surface area contributed by atoms with Gasteiger partial charge in [0.1, 0.15) is 0 Å². The molecule has 1 saturated heterocycles. The van der Waals surface area contributed by atoms with Crippen LogP contribution < -0.4 is 15.4 Å². The second-order valence-corrected chi connectivity index (χ2v) is 10.4. The van der Waals surface area contributed by atoms with Crippen molar-refractivity contribution in [2.45, 2.75) is 18.9 Å². The van der Waals surface area contributed by atoms with Crippen LogP contribution in [0.3, 0.4) is 0 Å². The van der Waals surface area contributed by atoms with Crippen LogP contribution in [0.15, 0.2) is 36.5 Å². The summed E-state index contributed by atoms with van der Waals surface area (Å²) in [5.41, 5.74) is 0.721. The van der Waals surface area contributed by atoms with E-state index in [2.05, 4.69) is 15.6 Å². The van der Waals surface area contributed by atoms with Crippen LogP contribution in [-0.4, -0.2) is 84.0 Å². The lowest BCUT2D eigenvalue weighted by molar-refractivity contribution is -0.122. The highest BCUT2D eigenvalue weighted by molar-refractivity contribution is 6.34. The van der Waals surface area contributed by atoms with Crippen molar-refractivity contribution < 1.29 is 27.9 Å². The van der Waals surface area contributed by atoms with Crippen molar-refractivity contribution >= 4 is 35.0 Å². The molecular weight excluding hydrogens is 558 g/mol. The zero-order valence-corrected chi connectivity index (χ0v) is 23.9. The molecule has 2 N–H and O–H groups in total. The van der Waals surface area contributed by atoms with Gasteiger partial charge in [-0.25, -0.2) is 9.37 Å². The first-order valence-corrected chi connectivity index (χ1v) is 13.3. The maximum absolute atomic E-state index is 14.6. The number of aromatic nitrogens is 2. The summed E-state index contributed by atoms with van der Waals surface area (Å²) in [6.07, 6.45) is 2.54. The second-order valence-electron chi connectivity index (χ2n) is 9.99. The van der Waals surface area contributed by atoms with E-state index in [1.54, 1.807) is 15.9 Å². The van der Waals surface area contributed by atoms with Gasteiger partial charge in [0.2, 0.25) is 11.7 Å². The van der Waals surface area contributed by atoms with E-state index in [0.29, 0.717) is 38.2 Å². The molecule has 0 atom stereocenters. The summed E-state index contributed by atoms with van der Waals surface area (Å²) >= 11 is 6.42. The highest BCUT2D eigenvalue weighted by atomic mass is 35.5. The number of hydrogen-bond donors (Lipinski definition) is 2. The van der Waals surface area contributed by atoms with Gasteiger partial charge in [0.15, 0.2) is 17.4 Å². The van der Waals surface area contributed by atoms with Gasteiger partial charge in [-0.3, -0.25) is 14.4 Å². The standard InChI is InChI=1S/C28H31ClF2N6O4/c1-35(2)15-23(38)33-16-9-11-37(12-10-16)28(40)18-6-5-17(13-20(18)29)34-27(39)26-32-14-21(36(26)3)19-7-8-22(41-4)25(31)24(19)30/h5-8,13-14,16H,9-12,15H2,1-4H3,(H,33,38)(H,34,39). The van der Waals surface area contributed by atoms with Gasteiger partial charge in [-0.2, -0.15) is 4.39 Å². The highest BCUT2D eigenvalue weighted by Gasteiger charge is 2.26. The van der Waals surface area contributed by atoms with E-state index in [9.17, 15) is 23.2 Å². The Morgan fingerprint density at radius 1 is 1.12 bits per heavy atom. The minimum atomic E-state index is -1.14. The molecule has 4 rings (SSSR count). The van der Waals surface area contributed by atoms with Crippen LogP contribution in [0.5, 0.6) is 5.75 Å². The van der Waals surface area contributed by atoms with Gasteiger partial charge in [-0.05, 0) is 57.3 Å². The SMILES string of the molecule is COc1ccc(-c2cnc(C(=O)Nc3ccc(C(=O)N4CCC(NC(=O)CN(C)C)CC4)c(Cl)c3)n2C)c(F)c1F. The van der Waals surface area contributed by atoms with E-state index in [-0.39, 0.29) is 51.3 Å². The molecule has 1 fully saturated rings. The number of imidazole rings is 1. The van der Waals surface area contributed by atoms with Crippen LogP contribution in [0.4, 0.5) is 14.5 Å². The fourth-order valence-electron chi connectivity index (χ4n) is 4.67. The number of nitrogens with zero attached hydrogens (tertiary/aromatic N) is 4. The van der Waals surface area contributed by atoms with Gasteiger partial charge in [0, 0.05) is 37.4 Å². The Hall–Kier alpha value is -4.03. The van der Waals surface area contributed by atoms with Crippen molar-refractivity contribution in [1.82, 2.24) is 24.7 Å². The summed E-state index contributed by atoms with van der Waals surface area (Å²) in [5.74, 6) is -3.45. The van der Waals surface area contributed by atoms with E-state index in [0.717, 1.165) is 0 Å². The summed E-state index contributed by atoms with van der Waals surface area (Å²) < 4.78 is 35.0. The number of anilines is 1. The second kappa shape index (κ2) is 12.6. The number of rotatable bonds is 8. The zero-order valence-electron chi connectivity index (χ0n) is 23.1. The smallest absolute Gasteiger partial charge is 0.291 e. The molecule has 3 aromatic rings. The lowest BCUT2D eigenvalue weighted by Crippen LogP contribution is -2.48. The molecule has 0 aliphatic carbocycles. The number of carbonyl (C=O) groups is 3. The number of amides is 3. The third kappa shape index (κ3) is 6.66. The molecule has 2 aromatic carbocycles. The molecular formula is C28H31ClF2N6O4. The first kappa shape index (κ1) is 29.9. The van der Waals surface area contributed by atoms with E-state index < -0.39 is 17.5 Å². The predicted octanol–water partition coefficient (Wildman–Crippen LogP) is 3.56. The molecule has 41 heavy (non-hydrogen) atoms. The zero-order chi connectivity index (χ0) is 29.8. The van der Waals surface area contributed by atoms with Crippen molar-refractivity contribution in [2.24, 2.45) is 7.05 Å². The van der Waals surface area contributed by atoms with Crippen LogP contribution in [0.2, 0.25) is 5.02 Å². The summed E-state index contributed by atoms with van der Waals surface area (Å²) in [6, 6.07) is 7.18. The van der Waals surface area contributed by atoms with E-state index in [4.69, 9.17) is 16.3 Å². The molecule has 0 unspecified atom stereocenters.